The fraction of sp³-hybridized carbons (Fsp3) is 0.286. The Bertz CT molecular complexity index is 1060. The number of ether oxygens (including phenoxy) is 3. The van der Waals surface area contributed by atoms with Crippen LogP contribution in [0, 0.1) is 0 Å². The molecular formula is C28H29ClO4. The fourth-order valence-corrected chi connectivity index (χ4v) is 4.15. The van der Waals surface area contributed by atoms with Crippen molar-refractivity contribution >= 4 is 11.6 Å². The summed E-state index contributed by atoms with van der Waals surface area (Å²) >= 11 is 6.53. The van der Waals surface area contributed by atoms with E-state index in [1.807, 2.05) is 67.6 Å². The Hall–Kier alpha value is -2.79. The topological polar surface area (TPSA) is 47.9 Å². The van der Waals surface area contributed by atoms with Crippen LogP contribution in [0.15, 0.2) is 84.6 Å². The summed E-state index contributed by atoms with van der Waals surface area (Å²) in [5.41, 5.74) is 4.32. The summed E-state index contributed by atoms with van der Waals surface area (Å²) in [6, 6.07) is 24.2. The minimum atomic E-state index is -0.214. The second-order valence-electron chi connectivity index (χ2n) is 8.07. The van der Waals surface area contributed by atoms with Crippen LogP contribution >= 0.6 is 11.6 Å². The van der Waals surface area contributed by atoms with E-state index in [0.717, 1.165) is 33.0 Å². The number of hydrogen-bond acceptors (Lipinski definition) is 4. The molecule has 1 aliphatic rings. The zero-order valence-corrected chi connectivity index (χ0v) is 19.5. The highest BCUT2D eigenvalue weighted by molar-refractivity contribution is 6.31. The normalized spacial score (nSPS) is 17.8. The van der Waals surface area contributed by atoms with Crippen LogP contribution in [0.5, 0.6) is 5.75 Å². The summed E-state index contributed by atoms with van der Waals surface area (Å²) in [7, 11) is 0. The Morgan fingerprint density at radius 2 is 1.79 bits per heavy atom. The van der Waals surface area contributed by atoms with Gasteiger partial charge in [0.05, 0.1) is 19.3 Å². The molecule has 0 aromatic heterocycles. The van der Waals surface area contributed by atoms with Crippen LogP contribution in [0.2, 0.25) is 5.02 Å². The van der Waals surface area contributed by atoms with E-state index in [4.69, 9.17) is 25.8 Å². The fourth-order valence-electron chi connectivity index (χ4n) is 3.96. The van der Waals surface area contributed by atoms with Gasteiger partial charge in [0.15, 0.2) is 0 Å². The molecule has 33 heavy (non-hydrogen) atoms. The molecule has 172 valence electrons. The number of benzene rings is 3. The molecule has 0 saturated carbocycles. The highest BCUT2D eigenvalue weighted by Gasteiger charge is 2.26. The molecule has 0 radical (unpaired) electrons. The average Bonchev–Trinajstić information content (AvgIpc) is 2.86. The molecule has 0 amide bonds. The van der Waals surface area contributed by atoms with E-state index < -0.39 is 0 Å². The average molecular weight is 465 g/mol. The first-order valence-corrected chi connectivity index (χ1v) is 11.7. The van der Waals surface area contributed by atoms with Crippen molar-refractivity contribution in [3.05, 3.63) is 112 Å². The second-order valence-corrected chi connectivity index (χ2v) is 8.48. The van der Waals surface area contributed by atoms with Gasteiger partial charge in [-0.05, 0) is 59.9 Å². The molecule has 5 heteroatoms. The maximum atomic E-state index is 9.73. The summed E-state index contributed by atoms with van der Waals surface area (Å²) in [5.74, 6) is 1.40. The third-order valence-corrected chi connectivity index (χ3v) is 6.01. The van der Waals surface area contributed by atoms with E-state index in [1.165, 1.54) is 0 Å². The van der Waals surface area contributed by atoms with Gasteiger partial charge in [-0.25, -0.2) is 0 Å². The highest BCUT2D eigenvalue weighted by Crippen LogP contribution is 2.34. The van der Waals surface area contributed by atoms with Crippen molar-refractivity contribution in [3.8, 4) is 5.75 Å². The number of aliphatic hydroxyl groups is 1. The lowest BCUT2D eigenvalue weighted by molar-refractivity contribution is -0.0127. The Labute approximate surface area is 200 Å². The van der Waals surface area contributed by atoms with E-state index in [9.17, 15) is 5.11 Å². The van der Waals surface area contributed by atoms with E-state index in [2.05, 4.69) is 18.2 Å². The predicted octanol–water partition coefficient (Wildman–Crippen LogP) is 6.25. The molecule has 2 atom stereocenters. The summed E-state index contributed by atoms with van der Waals surface area (Å²) in [5, 5.41) is 10.5. The van der Waals surface area contributed by atoms with Crippen LogP contribution in [0.1, 0.15) is 41.7 Å². The van der Waals surface area contributed by atoms with Gasteiger partial charge < -0.3 is 19.3 Å². The first-order chi connectivity index (χ1) is 16.1. The molecule has 0 fully saturated rings. The van der Waals surface area contributed by atoms with Crippen LogP contribution < -0.4 is 4.74 Å². The first-order valence-electron chi connectivity index (χ1n) is 11.3. The molecule has 4 nitrogen and oxygen atoms in total. The van der Waals surface area contributed by atoms with Gasteiger partial charge in [0.2, 0.25) is 0 Å². The Kier molecular flexibility index (Phi) is 8.05. The quantitative estimate of drug-likeness (QED) is 0.406. The molecule has 4 rings (SSSR count). The lowest BCUT2D eigenvalue weighted by atomic mass is 9.96. The van der Waals surface area contributed by atoms with Gasteiger partial charge in [-0.1, -0.05) is 66.2 Å². The van der Waals surface area contributed by atoms with Gasteiger partial charge in [-0.3, -0.25) is 0 Å². The largest absolute Gasteiger partial charge is 0.494 e. The number of hydrogen-bond donors (Lipinski definition) is 1. The molecule has 1 heterocycles. The van der Waals surface area contributed by atoms with Crippen molar-refractivity contribution in [3.63, 3.8) is 0 Å². The molecule has 3 aromatic rings. The zero-order valence-electron chi connectivity index (χ0n) is 18.7. The summed E-state index contributed by atoms with van der Waals surface area (Å²) in [6.07, 6.45) is 2.89. The Morgan fingerprint density at radius 1 is 1.00 bits per heavy atom. The molecule has 0 spiro atoms. The van der Waals surface area contributed by atoms with Crippen LogP contribution in [0.3, 0.4) is 0 Å². The summed E-state index contributed by atoms with van der Waals surface area (Å²) in [6.45, 7) is 2.97. The molecule has 0 saturated heterocycles. The summed E-state index contributed by atoms with van der Waals surface area (Å²) in [4.78, 5) is 0. The van der Waals surface area contributed by atoms with Crippen LogP contribution in [-0.4, -0.2) is 24.4 Å². The zero-order chi connectivity index (χ0) is 23.0. The Balaban J connectivity index is 1.47. The summed E-state index contributed by atoms with van der Waals surface area (Å²) < 4.78 is 17.7. The maximum absolute atomic E-state index is 9.73. The van der Waals surface area contributed by atoms with Crippen molar-refractivity contribution < 1.29 is 19.3 Å². The lowest BCUT2D eigenvalue weighted by Crippen LogP contribution is -2.23. The van der Waals surface area contributed by atoms with Gasteiger partial charge in [-0.2, -0.15) is 0 Å². The van der Waals surface area contributed by atoms with E-state index in [1.54, 1.807) is 0 Å². The van der Waals surface area contributed by atoms with Crippen LogP contribution in [-0.2, 0) is 22.5 Å². The van der Waals surface area contributed by atoms with E-state index >= 15 is 0 Å². The third kappa shape index (κ3) is 6.38. The van der Waals surface area contributed by atoms with Crippen molar-refractivity contribution in [1.82, 2.24) is 0 Å². The highest BCUT2D eigenvalue weighted by atomic mass is 35.5. The van der Waals surface area contributed by atoms with E-state index in [0.29, 0.717) is 31.8 Å². The van der Waals surface area contributed by atoms with Crippen molar-refractivity contribution in [2.45, 2.75) is 38.6 Å². The third-order valence-electron chi connectivity index (χ3n) is 5.65. The van der Waals surface area contributed by atoms with Gasteiger partial charge in [0.25, 0.3) is 0 Å². The standard InChI is InChI=1S/C28H29ClO4/c1-2-31-24-11-8-20(9-12-24)14-23-15-22(10-13-27(23)29)28-17-25(16-26(18-30)33-28)32-19-21-6-4-3-5-7-21/h3-13,15-16,25,28,30H,2,14,17-19H2,1H3. The minimum absolute atomic E-state index is 0.142. The lowest BCUT2D eigenvalue weighted by Gasteiger charge is -2.30. The van der Waals surface area contributed by atoms with Crippen molar-refractivity contribution in [1.29, 1.82) is 0 Å². The SMILES string of the molecule is CCOc1ccc(Cc2cc(C3CC(OCc4ccccc4)C=C(CO)O3)ccc2Cl)cc1. The molecule has 2 unspecified atom stereocenters. The molecule has 3 aromatic carbocycles. The Morgan fingerprint density at radius 3 is 2.52 bits per heavy atom. The van der Waals surface area contributed by atoms with Gasteiger partial charge >= 0.3 is 0 Å². The van der Waals surface area contributed by atoms with E-state index in [-0.39, 0.29) is 18.8 Å². The van der Waals surface area contributed by atoms with Crippen LogP contribution in [0.4, 0.5) is 0 Å². The molecule has 0 bridgehead atoms. The van der Waals surface area contributed by atoms with Crippen LogP contribution in [0.25, 0.3) is 0 Å². The monoisotopic (exact) mass is 464 g/mol. The maximum Gasteiger partial charge on any atom is 0.126 e. The molecule has 1 aliphatic heterocycles. The molecule has 1 N–H and O–H groups in total. The first kappa shape index (κ1) is 23.4. The number of halogens is 1. The van der Waals surface area contributed by atoms with Crippen molar-refractivity contribution in [2.24, 2.45) is 0 Å². The molecule has 0 aliphatic carbocycles. The van der Waals surface area contributed by atoms with Crippen molar-refractivity contribution in [2.75, 3.05) is 13.2 Å². The smallest absolute Gasteiger partial charge is 0.126 e. The molecular weight excluding hydrogens is 436 g/mol. The predicted molar refractivity (Wildman–Crippen MR) is 130 cm³/mol. The van der Waals surface area contributed by atoms with Gasteiger partial charge in [0.1, 0.15) is 24.2 Å². The minimum Gasteiger partial charge on any atom is -0.494 e. The van der Waals surface area contributed by atoms with Gasteiger partial charge in [-0.15, -0.1) is 0 Å². The second kappa shape index (κ2) is 11.4. The van der Waals surface area contributed by atoms with Gasteiger partial charge in [0, 0.05) is 11.4 Å². The number of rotatable bonds is 9. The number of aliphatic hydroxyl groups excluding tert-OH is 1.